The molecule has 1 atom stereocenters. The molecule has 1 heterocycles. The number of rotatable bonds is 6. The summed E-state index contributed by atoms with van der Waals surface area (Å²) < 4.78 is 5.79. The average molecular weight is 245 g/mol. The van der Waals surface area contributed by atoms with Gasteiger partial charge < -0.3 is 15.0 Å². The zero-order chi connectivity index (χ0) is 12.8. The average Bonchev–Trinajstić information content (AvgIpc) is 2.86. The monoisotopic (exact) mass is 245 g/mol. The first kappa shape index (κ1) is 12.8. The van der Waals surface area contributed by atoms with E-state index in [2.05, 4.69) is 27.4 Å². The van der Waals surface area contributed by atoms with E-state index in [-0.39, 0.29) is 6.10 Å². The molecule has 1 aromatic heterocycles. The Morgan fingerprint density at radius 2 is 2.11 bits per heavy atom. The van der Waals surface area contributed by atoms with Gasteiger partial charge in [0.25, 0.3) is 0 Å². The minimum Gasteiger partial charge on any atom is -0.366 e. The van der Waals surface area contributed by atoms with Gasteiger partial charge in [0, 0.05) is 25.0 Å². The maximum atomic E-state index is 5.79. The summed E-state index contributed by atoms with van der Waals surface area (Å²) in [5.41, 5.74) is 2.18. The molecular weight excluding hydrogens is 226 g/mol. The zero-order valence-electron chi connectivity index (χ0n) is 10.8. The van der Waals surface area contributed by atoms with Crippen LogP contribution in [0.5, 0.6) is 0 Å². The summed E-state index contributed by atoms with van der Waals surface area (Å²) in [6.45, 7) is 3.43. The molecule has 0 saturated heterocycles. The molecular formula is C14H19N3O. The number of imidazole rings is 1. The molecule has 0 fully saturated rings. The standard InChI is InChI=1S/C14H19N3O/c1-3-18-13(11-7-5-4-6-8-11)14-16-10-12(17-14)9-15-2/h4-8,10,13,15H,3,9H2,1-2H3,(H,16,17). The first-order valence-corrected chi connectivity index (χ1v) is 6.20. The Hall–Kier alpha value is -1.65. The van der Waals surface area contributed by atoms with E-state index in [1.807, 2.05) is 38.4 Å². The number of aromatic nitrogens is 2. The number of hydrogen-bond donors (Lipinski definition) is 2. The van der Waals surface area contributed by atoms with Gasteiger partial charge in [0.05, 0.1) is 0 Å². The first-order valence-electron chi connectivity index (χ1n) is 6.20. The molecule has 0 aliphatic heterocycles. The van der Waals surface area contributed by atoms with Gasteiger partial charge in [-0.25, -0.2) is 4.98 Å². The second-order valence-corrected chi connectivity index (χ2v) is 4.07. The minimum atomic E-state index is -0.123. The van der Waals surface area contributed by atoms with E-state index in [1.54, 1.807) is 0 Å². The van der Waals surface area contributed by atoms with Crippen molar-refractivity contribution in [2.45, 2.75) is 19.6 Å². The van der Waals surface area contributed by atoms with Gasteiger partial charge in [-0.15, -0.1) is 0 Å². The minimum absolute atomic E-state index is 0.123. The van der Waals surface area contributed by atoms with Crippen LogP contribution in [0, 0.1) is 0 Å². The van der Waals surface area contributed by atoms with Gasteiger partial charge in [-0.05, 0) is 19.5 Å². The maximum Gasteiger partial charge on any atom is 0.140 e. The van der Waals surface area contributed by atoms with Crippen molar-refractivity contribution in [3.63, 3.8) is 0 Å². The molecule has 0 aliphatic rings. The summed E-state index contributed by atoms with van der Waals surface area (Å²) in [6, 6.07) is 10.1. The maximum absolute atomic E-state index is 5.79. The molecule has 0 aliphatic carbocycles. The number of H-pyrrole nitrogens is 1. The van der Waals surface area contributed by atoms with Crippen LogP contribution in [-0.2, 0) is 11.3 Å². The van der Waals surface area contributed by atoms with Crippen molar-refractivity contribution in [1.82, 2.24) is 15.3 Å². The number of nitrogens with zero attached hydrogens (tertiary/aromatic N) is 1. The molecule has 18 heavy (non-hydrogen) atoms. The number of nitrogens with one attached hydrogen (secondary N) is 2. The summed E-state index contributed by atoms with van der Waals surface area (Å²) >= 11 is 0. The molecule has 4 heteroatoms. The van der Waals surface area contributed by atoms with Crippen molar-refractivity contribution in [2.24, 2.45) is 0 Å². The van der Waals surface area contributed by atoms with E-state index in [0.717, 1.165) is 23.6 Å². The summed E-state index contributed by atoms with van der Waals surface area (Å²) in [5.74, 6) is 0.855. The fourth-order valence-electron chi connectivity index (χ4n) is 1.92. The van der Waals surface area contributed by atoms with Crippen LogP contribution in [0.4, 0.5) is 0 Å². The quantitative estimate of drug-likeness (QED) is 0.820. The Bertz CT molecular complexity index is 467. The third-order valence-electron chi connectivity index (χ3n) is 2.70. The molecule has 2 N–H and O–H groups in total. The highest BCUT2D eigenvalue weighted by Crippen LogP contribution is 2.23. The highest BCUT2D eigenvalue weighted by atomic mass is 16.5. The molecule has 1 unspecified atom stereocenters. The van der Waals surface area contributed by atoms with Crippen molar-refractivity contribution < 1.29 is 4.74 Å². The lowest BCUT2D eigenvalue weighted by Crippen LogP contribution is -2.09. The van der Waals surface area contributed by atoms with Gasteiger partial charge in [-0.2, -0.15) is 0 Å². The van der Waals surface area contributed by atoms with E-state index < -0.39 is 0 Å². The van der Waals surface area contributed by atoms with Crippen LogP contribution in [-0.4, -0.2) is 23.6 Å². The van der Waals surface area contributed by atoms with Gasteiger partial charge in [-0.1, -0.05) is 30.3 Å². The smallest absolute Gasteiger partial charge is 0.140 e. The summed E-state index contributed by atoms with van der Waals surface area (Å²) in [4.78, 5) is 7.71. The number of aromatic amines is 1. The fourth-order valence-corrected chi connectivity index (χ4v) is 1.92. The SMILES string of the molecule is CCOC(c1ccccc1)c1ncc(CNC)[nH]1. The van der Waals surface area contributed by atoms with Gasteiger partial charge in [-0.3, -0.25) is 0 Å². The molecule has 0 amide bonds. The number of ether oxygens (including phenoxy) is 1. The van der Waals surface area contributed by atoms with E-state index in [4.69, 9.17) is 4.74 Å². The highest BCUT2D eigenvalue weighted by Gasteiger charge is 2.17. The van der Waals surface area contributed by atoms with E-state index in [0.29, 0.717) is 6.61 Å². The molecule has 0 saturated carbocycles. The molecule has 2 rings (SSSR count). The summed E-state index contributed by atoms with van der Waals surface area (Å²) in [7, 11) is 1.91. The second kappa shape index (κ2) is 6.33. The van der Waals surface area contributed by atoms with Crippen LogP contribution >= 0.6 is 0 Å². The predicted octanol–water partition coefficient (Wildman–Crippen LogP) is 2.25. The van der Waals surface area contributed by atoms with Crippen molar-refractivity contribution in [2.75, 3.05) is 13.7 Å². The van der Waals surface area contributed by atoms with E-state index >= 15 is 0 Å². The third kappa shape index (κ3) is 2.97. The molecule has 4 nitrogen and oxygen atoms in total. The Morgan fingerprint density at radius 3 is 2.78 bits per heavy atom. The van der Waals surface area contributed by atoms with Crippen molar-refractivity contribution in [1.29, 1.82) is 0 Å². The van der Waals surface area contributed by atoms with Gasteiger partial charge >= 0.3 is 0 Å². The topological polar surface area (TPSA) is 49.9 Å². The normalized spacial score (nSPS) is 12.6. The lowest BCUT2D eigenvalue weighted by atomic mass is 10.1. The summed E-state index contributed by atoms with van der Waals surface area (Å²) in [6.07, 6.45) is 1.72. The fraction of sp³-hybridized carbons (Fsp3) is 0.357. The lowest BCUT2D eigenvalue weighted by Gasteiger charge is -2.15. The highest BCUT2D eigenvalue weighted by molar-refractivity contribution is 5.23. The predicted molar refractivity (Wildman–Crippen MR) is 71.3 cm³/mol. The Balaban J connectivity index is 2.23. The van der Waals surface area contributed by atoms with Crippen molar-refractivity contribution >= 4 is 0 Å². The number of benzene rings is 1. The van der Waals surface area contributed by atoms with Crippen molar-refractivity contribution in [3.8, 4) is 0 Å². The van der Waals surface area contributed by atoms with Crippen LogP contribution in [0.2, 0.25) is 0 Å². The van der Waals surface area contributed by atoms with Crippen LogP contribution < -0.4 is 5.32 Å². The van der Waals surface area contributed by atoms with E-state index in [9.17, 15) is 0 Å². The molecule has 2 aromatic rings. The van der Waals surface area contributed by atoms with Crippen LogP contribution in [0.1, 0.15) is 30.1 Å². The molecule has 0 radical (unpaired) electrons. The Morgan fingerprint density at radius 1 is 1.33 bits per heavy atom. The number of hydrogen-bond acceptors (Lipinski definition) is 3. The largest absolute Gasteiger partial charge is 0.366 e. The molecule has 0 bridgehead atoms. The van der Waals surface area contributed by atoms with Crippen LogP contribution in [0.15, 0.2) is 36.5 Å². The third-order valence-corrected chi connectivity index (χ3v) is 2.70. The van der Waals surface area contributed by atoms with Crippen LogP contribution in [0.3, 0.4) is 0 Å². The van der Waals surface area contributed by atoms with Gasteiger partial charge in [0.1, 0.15) is 11.9 Å². The van der Waals surface area contributed by atoms with Gasteiger partial charge in [0.15, 0.2) is 0 Å². The second-order valence-electron chi connectivity index (χ2n) is 4.07. The Kier molecular flexibility index (Phi) is 4.50. The lowest BCUT2D eigenvalue weighted by molar-refractivity contribution is 0.0856. The first-order chi connectivity index (χ1) is 8.85. The zero-order valence-corrected chi connectivity index (χ0v) is 10.8. The molecule has 96 valence electrons. The molecule has 0 spiro atoms. The van der Waals surface area contributed by atoms with Crippen molar-refractivity contribution in [3.05, 3.63) is 53.6 Å². The van der Waals surface area contributed by atoms with Crippen LogP contribution in [0.25, 0.3) is 0 Å². The Labute approximate surface area is 107 Å². The van der Waals surface area contributed by atoms with E-state index in [1.165, 1.54) is 0 Å². The van der Waals surface area contributed by atoms with Gasteiger partial charge in [0.2, 0.25) is 0 Å². The summed E-state index contributed by atoms with van der Waals surface area (Å²) in [5, 5.41) is 3.10. The molecule has 1 aromatic carbocycles.